The topological polar surface area (TPSA) is 63.8 Å². The van der Waals surface area contributed by atoms with Crippen LogP contribution in [-0.2, 0) is 0 Å². The number of rotatable bonds is 6. The zero-order valence-electron chi connectivity index (χ0n) is 15.9. The third-order valence-electron chi connectivity index (χ3n) is 4.85. The van der Waals surface area contributed by atoms with Crippen LogP contribution in [0.25, 0.3) is 22.2 Å². The number of aromatic nitrogens is 1. The average Bonchev–Trinajstić information content (AvgIpc) is 3.17. The number of methoxy groups -OCH3 is 2. The number of carbonyl (C=O) groups excluding carboxylic acids is 1. The van der Waals surface area contributed by atoms with Crippen molar-refractivity contribution in [3.63, 3.8) is 0 Å². The van der Waals surface area contributed by atoms with E-state index >= 15 is 0 Å². The fourth-order valence-corrected chi connectivity index (χ4v) is 3.53. The molecule has 4 rings (SSSR count). The number of ether oxygens (including phenoxy) is 3. The van der Waals surface area contributed by atoms with Crippen molar-refractivity contribution in [1.29, 1.82) is 0 Å². The van der Waals surface area contributed by atoms with E-state index in [0.29, 0.717) is 29.2 Å². The molecule has 0 radical (unpaired) electrons. The van der Waals surface area contributed by atoms with Crippen molar-refractivity contribution in [2.45, 2.75) is 0 Å². The van der Waals surface area contributed by atoms with Gasteiger partial charge in [-0.3, -0.25) is 4.79 Å². The maximum absolute atomic E-state index is 13.2. The monoisotopic (exact) mass is 366 g/mol. The number of nitrogens with one attached hydrogen (secondary N) is 1. The number of H-pyrrole nitrogens is 1. The second-order valence-electron chi connectivity index (χ2n) is 6.78. The molecule has 0 bridgehead atoms. The molecule has 0 saturated heterocycles. The van der Waals surface area contributed by atoms with Gasteiger partial charge in [0.2, 0.25) is 0 Å². The summed E-state index contributed by atoms with van der Waals surface area (Å²) in [7, 11) is 7.17. The Kier molecular flexibility index (Phi) is 4.28. The van der Waals surface area contributed by atoms with Gasteiger partial charge in [0.05, 0.1) is 36.6 Å². The van der Waals surface area contributed by atoms with Crippen molar-refractivity contribution in [1.82, 2.24) is 9.88 Å². The van der Waals surface area contributed by atoms with Gasteiger partial charge in [0.25, 0.3) is 0 Å². The van der Waals surface area contributed by atoms with Crippen LogP contribution < -0.4 is 14.2 Å². The molecule has 1 aliphatic rings. The number of carbonyl (C=O) groups is 1. The SMILES string of the molecule is COc1ccc(OC)c2c1C(=O)c1c-2[nH]c2ccc(OCCN(C)C)cc12. The number of hydrogen-bond donors (Lipinski definition) is 1. The molecule has 6 nitrogen and oxygen atoms in total. The highest BCUT2D eigenvalue weighted by molar-refractivity contribution is 6.29. The first-order valence-corrected chi connectivity index (χ1v) is 8.78. The third-order valence-corrected chi connectivity index (χ3v) is 4.85. The average molecular weight is 366 g/mol. The van der Waals surface area contributed by atoms with E-state index in [1.54, 1.807) is 20.3 Å². The lowest BCUT2D eigenvalue weighted by Crippen LogP contribution is -2.19. The van der Waals surface area contributed by atoms with Crippen molar-refractivity contribution in [2.75, 3.05) is 41.5 Å². The molecule has 0 fully saturated rings. The third kappa shape index (κ3) is 2.73. The van der Waals surface area contributed by atoms with Crippen molar-refractivity contribution in [3.8, 4) is 28.5 Å². The normalized spacial score (nSPS) is 12.4. The molecule has 27 heavy (non-hydrogen) atoms. The maximum atomic E-state index is 13.2. The van der Waals surface area contributed by atoms with Gasteiger partial charge in [-0.05, 0) is 44.4 Å². The van der Waals surface area contributed by atoms with E-state index in [4.69, 9.17) is 14.2 Å². The molecule has 1 aromatic heterocycles. The molecular formula is C21H22N2O4. The lowest BCUT2D eigenvalue weighted by Gasteiger charge is -2.11. The molecule has 1 aliphatic carbocycles. The Morgan fingerprint density at radius 2 is 1.67 bits per heavy atom. The Balaban J connectivity index is 1.82. The summed E-state index contributed by atoms with van der Waals surface area (Å²) in [6, 6.07) is 9.36. The second kappa shape index (κ2) is 6.63. The summed E-state index contributed by atoms with van der Waals surface area (Å²) in [6.07, 6.45) is 0. The maximum Gasteiger partial charge on any atom is 0.200 e. The highest BCUT2D eigenvalue weighted by atomic mass is 16.5. The number of benzene rings is 2. The summed E-state index contributed by atoms with van der Waals surface area (Å²) in [5.41, 5.74) is 3.60. The zero-order valence-corrected chi connectivity index (χ0v) is 15.9. The van der Waals surface area contributed by atoms with E-state index in [2.05, 4.69) is 9.88 Å². The van der Waals surface area contributed by atoms with Crippen molar-refractivity contribution in [2.24, 2.45) is 0 Å². The van der Waals surface area contributed by atoms with Gasteiger partial charge in [0.1, 0.15) is 23.9 Å². The predicted molar refractivity (Wildman–Crippen MR) is 104 cm³/mol. The first-order chi connectivity index (χ1) is 13.0. The van der Waals surface area contributed by atoms with Crippen LogP contribution in [0.1, 0.15) is 15.9 Å². The second-order valence-corrected chi connectivity index (χ2v) is 6.78. The van der Waals surface area contributed by atoms with Gasteiger partial charge in [-0.1, -0.05) is 0 Å². The first-order valence-electron chi connectivity index (χ1n) is 8.78. The van der Waals surface area contributed by atoms with Gasteiger partial charge < -0.3 is 24.1 Å². The fourth-order valence-electron chi connectivity index (χ4n) is 3.53. The quantitative estimate of drug-likeness (QED) is 0.567. The lowest BCUT2D eigenvalue weighted by molar-refractivity contribution is 0.104. The summed E-state index contributed by atoms with van der Waals surface area (Å²) in [5.74, 6) is 1.88. The molecule has 0 unspecified atom stereocenters. The molecule has 6 heteroatoms. The molecule has 140 valence electrons. The standard InChI is InChI=1S/C21H22N2O4/c1-23(2)9-10-27-12-5-6-14-13(11-12)17-20(22-14)18-15(25-3)7-8-16(26-4)19(18)21(17)24/h5-8,11,22H,9-10H2,1-4H3. The van der Waals surface area contributed by atoms with E-state index < -0.39 is 0 Å². The molecule has 2 aromatic carbocycles. The van der Waals surface area contributed by atoms with E-state index in [-0.39, 0.29) is 5.78 Å². The van der Waals surface area contributed by atoms with E-state index in [0.717, 1.165) is 34.5 Å². The minimum absolute atomic E-state index is 0.0626. The highest BCUT2D eigenvalue weighted by Gasteiger charge is 2.36. The van der Waals surface area contributed by atoms with Gasteiger partial charge in [0, 0.05) is 17.4 Å². The minimum Gasteiger partial charge on any atom is -0.496 e. The number of likely N-dealkylation sites (N-methyl/N-ethyl adjacent to an activating group) is 1. The number of hydrogen-bond acceptors (Lipinski definition) is 5. The van der Waals surface area contributed by atoms with Crippen LogP contribution in [-0.4, -0.2) is 57.1 Å². The molecule has 1 heterocycles. The minimum atomic E-state index is -0.0626. The molecule has 0 aliphatic heterocycles. The Labute approximate surface area is 157 Å². The number of ketones is 1. The zero-order chi connectivity index (χ0) is 19.1. The highest BCUT2D eigenvalue weighted by Crippen LogP contribution is 2.48. The van der Waals surface area contributed by atoms with Crippen LogP contribution in [0.15, 0.2) is 30.3 Å². The van der Waals surface area contributed by atoms with Crippen molar-refractivity contribution < 1.29 is 19.0 Å². The molecule has 0 amide bonds. The smallest absolute Gasteiger partial charge is 0.200 e. The lowest BCUT2D eigenvalue weighted by atomic mass is 10.1. The van der Waals surface area contributed by atoms with Crippen molar-refractivity contribution >= 4 is 16.7 Å². The summed E-state index contributed by atoms with van der Waals surface area (Å²) >= 11 is 0. The van der Waals surface area contributed by atoms with Crippen LogP contribution in [0, 0.1) is 0 Å². The Bertz CT molecular complexity index is 1040. The molecule has 0 spiro atoms. The summed E-state index contributed by atoms with van der Waals surface area (Å²) < 4.78 is 16.8. The van der Waals surface area contributed by atoms with E-state index in [1.165, 1.54) is 0 Å². The number of nitrogens with zero attached hydrogens (tertiary/aromatic N) is 1. The summed E-state index contributed by atoms with van der Waals surface area (Å²) in [6.45, 7) is 1.41. The van der Waals surface area contributed by atoms with Crippen molar-refractivity contribution in [3.05, 3.63) is 41.5 Å². The van der Waals surface area contributed by atoms with Crippen LogP contribution >= 0.6 is 0 Å². The number of fused-ring (bicyclic) bond motifs is 5. The molecule has 1 N–H and O–H groups in total. The Hall–Kier alpha value is -2.99. The fraction of sp³-hybridized carbons (Fsp3) is 0.286. The van der Waals surface area contributed by atoms with Crippen LogP contribution in [0.5, 0.6) is 17.2 Å². The van der Waals surface area contributed by atoms with Gasteiger partial charge in [-0.2, -0.15) is 0 Å². The Morgan fingerprint density at radius 1 is 0.963 bits per heavy atom. The predicted octanol–water partition coefficient (Wildman–Crippen LogP) is 3.34. The van der Waals surface area contributed by atoms with Crippen LogP contribution in [0.2, 0.25) is 0 Å². The van der Waals surface area contributed by atoms with Crippen LogP contribution in [0.3, 0.4) is 0 Å². The molecule has 3 aromatic rings. The molecule has 0 atom stereocenters. The number of aromatic amines is 1. The van der Waals surface area contributed by atoms with Gasteiger partial charge >= 0.3 is 0 Å². The molecular weight excluding hydrogens is 344 g/mol. The van der Waals surface area contributed by atoms with Gasteiger partial charge in [-0.15, -0.1) is 0 Å². The van der Waals surface area contributed by atoms with E-state index in [1.807, 2.05) is 38.4 Å². The van der Waals surface area contributed by atoms with E-state index in [9.17, 15) is 4.79 Å². The largest absolute Gasteiger partial charge is 0.496 e. The summed E-state index contributed by atoms with van der Waals surface area (Å²) in [5, 5.41) is 0.845. The van der Waals surface area contributed by atoms with Crippen LogP contribution in [0.4, 0.5) is 0 Å². The van der Waals surface area contributed by atoms with Gasteiger partial charge in [0.15, 0.2) is 5.78 Å². The van der Waals surface area contributed by atoms with Gasteiger partial charge in [-0.25, -0.2) is 0 Å². The molecule has 0 saturated carbocycles. The Morgan fingerprint density at radius 3 is 2.33 bits per heavy atom. The summed E-state index contributed by atoms with van der Waals surface area (Å²) in [4.78, 5) is 18.7. The first kappa shape index (κ1) is 17.4.